The smallest absolute Gasteiger partial charge is 0.319 e. The molecule has 0 atom stereocenters. The fourth-order valence-corrected chi connectivity index (χ4v) is 2.87. The summed E-state index contributed by atoms with van der Waals surface area (Å²) in [5.74, 6) is 0.572. The largest absolute Gasteiger partial charge is 0.495 e. The zero-order valence-electron chi connectivity index (χ0n) is 14.2. The van der Waals surface area contributed by atoms with Crippen LogP contribution in [0.5, 0.6) is 5.75 Å². The van der Waals surface area contributed by atoms with Crippen molar-refractivity contribution >= 4 is 33.7 Å². The highest BCUT2D eigenvalue weighted by Gasteiger charge is 2.13. The molecule has 0 saturated carbocycles. The van der Waals surface area contributed by atoms with Crippen molar-refractivity contribution in [2.75, 3.05) is 12.4 Å². The van der Waals surface area contributed by atoms with E-state index in [2.05, 4.69) is 15.6 Å². The van der Waals surface area contributed by atoms with Gasteiger partial charge >= 0.3 is 6.03 Å². The summed E-state index contributed by atoms with van der Waals surface area (Å²) >= 11 is 0. The molecule has 2 aromatic heterocycles. The number of nitrogens with zero attached hydrogens (tertiary/aromatic N) is 1. The van der Waals surface area contributed by atoms with Crippen molar-refractivity contribution in [2.45, 2.75) is 6.54 Å². The number of para-hydroxylation sites is 1. The first kappa shape index (κ1) is 16.0. The molecule has 0 fully saturated rings. The second-order valence-electron chi connectivity index (χ2n) is 5.81. The van der Waals surface area contributed by atoms with Gasteiger partial charge in [0.1, 0.15) is 16.9 Å². The van der Waals surface area contributed by atoms with Crippen molar-refractivity contribution in [3.8, 4) is 5.75 Å². The highest BCUT2D eigenvalue weighted by atomic mass is 16.5. The minimum atomic E-state index is -0.324. The summed E-state index contributed by atoms with van der Waals surface area (Å²) in [5.41, 5.74) is 3.00. The molecule has 2 N–H and O–H groups in total. The van der Waals surface area contributed by atoms with E-state index in [1.54, 1.807) is 25.6 Å². The summed E-state index contributed by atoms with van der Waals surface area (Å²) in [6.45, 7) is 0.406. The second kappa shape index (κ2) is 6.76. The van der Waals surface area contributed by atoms with E-state index in [9.17, 15) is 4.79 Å². The summed E-state index contributed by atoms with van der Waals surface area (Å²) in [7, 11) is 1.57. The van der Waals surface area contributed by atoms with Gasteiger partial charge in [0.25, 0.3) is 0 Å². The highest BCUT2D eigenvalue weighted by Crippen LogP contribution is 2.36. The maximum atomic E-state index is 12.2. The van der Waals surface area contributed by atoms with E-state index >= 15 is 0 Å². The number of carbonyl (C=O) groups excluding carboxylic acids is 1. The molecule has 0 unspecified atom stereocenters. The van der Waals surface area contributed by atoms with Crippen LogP contribution in [0, 0.1) is 0 Å². The molecule has 4 rings (SSSR count). The van der Waals surface area contributed by atoms with Crippen molar-refractivity contribution in [2.24, 2.45) is 0 Å². The van der Waals surface area contributed by atoms with Crippen LogP contribution in [0.1, 0.15) is 5.56 Å². The molecule has 0 saturated heterocycles. The van der Waals surface area contributed by atoms with Crippen molar-refractivity contribution in [3.63, 3.8) is 0 Å². The number of aromatic nitrogens is 1. The fraction of sp³-hybridized carbons (Fsp3) is 0.100. The fourth-order valence-electron chi connectivity index (χ4n) is 2.87. The average molecular weight is 347 g/mol. The number of benzene rings is 2. The molecule has 2 aromatic carbocycles. The van der Waals surface area contributed by atoms with Gasteiger partial charge in [0, 0.05) is 35.8 Å². The van der Waals surface area contributed by atoms with Crippen molar-refractivity contribution in [1.29, 1.82) is 0 Å². The van der Waals surface area contributed by atoms with Crippen LogP contribution in [-0.2, 0) is 6.54 Å². The van der Waals surface area contributed by atoms with E-state index < -0.39 is 0 Å². The first-order valence-electron chi connectivity index (χ1n) is 8.17. The second-order valence-corrected chi connectivity index (χ2v) is 5.81. The summed E-state index contributed by atoms with van der Waals surface area (Å²) in [4.78, 5) is 16.2. The molecule has 2 amide bonds. The molecular weight excluding hydrogens is 330 g/mol. The van der Waals surface area contributed by atoms with E-state index in [0.29, 0.717) is 23.6 Å². The zero-order valence-corrected chi connectivity index (χ0v) is 14.2. The quantitative estimate of drug-likeness (QED) is 0.577. The van der Waals surface area contributed by atoms with E-state index in [1.807, 2.05) is 42.5 Å². The minimum absolute atomic E-state index is 0.324. The summed E-state index contributed by atoms with van der Waals surface area (Å²) in [6.07, 6.45) is 3.38. The van der Waals surface area contributed by atoms with Gasteiger partial charge in [-0.1, -0.05) is 18.2 Å². The molecule has 130 valence electrons. The lowest BCUT2D eigenvalue weighted by atomic mass is 10.1. The number of nitrogens with one attached hydrogen (secondary N) is 2. The Hall–Kier alpha value is -3.54. The first-order chi connectivity index (χ1) is 12.7. The summed E-state index contributed by atoms with van der Waals surface area (Å²) < 4.78 is 11.3. The molecule has 0 spiro atoms. The van der Waals surface area contributed by atoms with Crippen LogP contribution in [0.3, 0.4) is 0 Å². The molecule has 26 heavy (non-hydrogen) atoms. The van der Waals surface area contributed by atoms with Crippen molar-refractivity contribution in [1.82, 2.24) is 10.3 Å². The molecule has 0 aliphatic rings. The Balaban J connectivity index is 1.59. The van der Waals surface area contributed by atoms with Gasteiger partial charge in [-0.25, -0.2) is 4.79 Å². The van der Waals surface area contributed by atoms with Gasteiger partial charge in [-0.3, -0.25) is 4.98 Å². The van der Waals surface area contributed by atoms with Crippen LogP contribution in [0.2, 0.25) is 0 Å². The van der Waals surface area contributed by atoms with Crippen LogP contribution < -0.4 is 15.4 Å². The van der Waals surface area contributed by atoms with E-state index in [1.165, 1.54) is 0 Å². The third kappa shape index (κ3) is 3.04. The maximum Gasteiger partial charge on any atom is 0.319 e. The Labute approximate surface area is 149 Å². The third-order valence-corrected chi connectivity index (χ3v) is 4.15. The number of pyridine rings is 1. The number of carbonyl (C=O) groups is 1. The topological polar surface area (TPSA) is 76.4 Å². The standard InChI is InChI=1S/C20H17N3O3/c1-25-19-10-15-14-4-2-3-5-17(14)26-18(15)11-16(19)23-20(24)22-12-13-6-8-21-9-7-13/h2-11H,12H2,1H3,(H2,22,23,24). The Morgan fingerprint density at radius 1 is 1.08 bits per heavy atom. The van der Waals surface area contributed by atoms with Crippen molar-refractivity contribution < 1.29 is 13.9 Å². The number of urea groups is 1. The number of methoxy groups -OCH3 is 1. The Morgan fingerprint density at radius 3 is 2.69 bits per heavy atom. The normalized spacial score (nSPS) is 10.8. The van der Waals surface area contributed by atoms with Gasteiger partial charge in [0.2, 0.25) is 0 Å². The monoisotopic (exact) mass is 347 g/mol. The molecule has 0 bridgehead atoms. The van der Waals surface area contributed by atoms with Gasteiger partial charge in [0.05, 0.1) is 12.8 Å². The number of anilines is 1. The molecule has 6 nitrogen and oxygen atoms in total. The molecule has 6 heteroatoms. The van der Waals surface area contributed by atoms with Gasteiger partial charge in [0.15, 0.2) is 0 Å². The lowest BCUT2D eigenvalue weighted by Crippen LogP contribution is -2.28. The van der Waals surface area contributed by atoms with Crippen LogP contribution in [-0.4, -0.2) is 18.1 Å². The molecule has 0 aliphatic heterocycles. The molecule has 2 heterocycles. The Kier molecular flexibility index (Phi) is 4.15. The number of hydrogen-bond donors (Lipinski definition) is 2. The predicted molar refractivity (Wildman–Crippen MR) is 100 cm³/mol. The highest BCUT2D eigenvalue weighted by molar-refractivity contribution is 6.07. The number of hydrogen-bond acceptors (Lipinski definition) is 4. The molecule has 4 aromatic rings. The number of furan rings is 1. The Morgan fingerprint density at radius 2 is 1.88 bits per heavy atom. The number of amides is 2. The molecule has 0 radical (unpaired) electrons. The van der Waals surface area contributed by atoms with Crippen LogP contribution >= 0.6 is 0 Å². The van der Waals surface area contributed by atoms with Gasteiger partial charge in [-0.15, -0.1) is 0 Å². The number of rotatable bonds is 4. The van der Waals surface area contributed by atoms with E-state index in [4.69, 9.17) is 9.15 Å². The SMILES string of the molecule is COc1cc2c(cc1NC(=O)NCc1ccncc1)oc1ccccc12. The van der Waals surface area contributed by atoms with Crippen LogP contribution in [0.15, 0.2) is 65.3 Å². The van der Waals surface area contributed by atoms with Crippen LogP contribution in [0.25, 0.3) is 21.9 Å². The minimum Gasteiger partial charge on any atom is -0.495 e. The maximum absolute atomic E-state index is 12.2. The van der Waals surface area contributed by atoms with Gasteiger partial charge in [-0.2, -0.15) is 0 Å². The van der Waals surface area contributed by atoms with E-state index in [0.717, 1.165) is 21.9 Å². The lowest BCUT2D eigenvalue weighted by molar-refractivity contribution is 0.251. The molecule has 0 aliphatic carbocycles. The summed E-state index contributed by atoms with van der Waals surface area (Å²) in [5, 5.41) is 7.58. The Bertz CT molecular complexity index is 1070. The van der Waals surface area contributed by atoms with Gasteiger partial charge in [-0.05, 0) is 29.8 Å². The van der Waals surface area contributed by atoms with Gasteiger partial charge < -0.3 is 19.8 Å². The average Bonchev–Trinajstić information content (AvgIpc) is 3.04. The zero-order chi connectivity index (χ0) is 17.9. The number of ether oxygens (including phenoxy) is 1. The van der Waals surface area contributed by atoms with Crippen LogP contribution in [0.4, 0.5) is 10.5 Å². The third-order valence-electron chi connectivity index (χ3n) is 4.15. The molecular formula is C20H17N3O3. The predicted octanol–water partition coefficient (Wildman–Crippen LogP) is 4.31. The summed E-state index contributed by atoms with van der Waals surface area (Å²) in [6, 6.07) is 14.8. The van der Waals surface area contributed by atoms with E-state index in [-0.39, 0.29) is 6.03 Å². The lowest BCUT2D eigenvalue weighted by Gasteiger charge is -2.11. The number of fused-ring (bicyclic) bond motifs is 3. The first-order valence-corrected chi connectivity index (χ1v) is 8.17. The van der Waals surface area contributed by atoms with Crippen molar-refractivity contribution in [3.05, 3.63) is 66.5 Å².